The van der Waals surface area contributed by atoms with Crippen LogP contribution < -0.4 is 40.0 Å². The van der Waals surface area contributed by atoms with Gasteiger partial charge in [-0.2, -0.15) is 8.42 Å². The monoisotopic (exact) mass is 434 g/mol. The summed E-state index contributed by atoms with van der Waals surface area (Å²) in [6.07, 6.45) is -2.50. The number of carbonyl (C=O) groups is 3. The second kappa shape index (κ2) is 12.7. The third-order valence-electron chi connectivity index (χ3n) is 3.69. The smallest absolute Gasteiger partial charge is 0.547 e. The van der Waals surface area contributed by atoms with E-state index in [0.29, 0.717) is 26.2 Å². The number of carboxylic acids is 1. The molecular weight excluding hydrogens is 411 g/mol. The van der Waals surface area contributed by atoms with Gasteiger partial charge in [0, 0.05) is 32.7 Å². The van der Waals surface area contributed by atoms with Gasteiger partial charge in [0.15, 0.2) is 0 Å². The first-order valence-corrected chi connectivity index (χ1v) is 9.74. The Morgan fingerprint density at radius 3 is 2.25 bits per heavy atom. The summed E-state index contributed by atoms with van der Waals surface area (Å²) in [6.45, 7) is 1.81. The molecule has 28 heavy (non-hydrogen) atoms. The van der Waals surface area contributed by atoms with Gasteiger partial charge in [-0.25, -0.2) is 0 Å². The third kappa shape index (κ3) is 10.1. The minimum absolute atomic E-state index is 0. The number of aliphatic hydroxyl groups excluding tert-OH is 1. The standard InChI is InChI=1S/C14H24N2O10S.Na/c17-6-7-25-11(18)9-14(22,13(20)21)10-12(19)26-27(23,24)8-5-16-3-1-15-2-4-16;/h15,17,22H,1-10H2,(H,20,21);/q;+1/p-1. The average molecular weight is 434 g/mol. The summed E-state index contributed by atoms with van der Waals surface area (Å²) < 4.78 is 32.4. The largest absolute Gasteiger partial charge is 1.00 e. The topological polar surface area (TPSA) is 183 Å². The van der Waals surface area contributed by atoms with E-state index in [2.05, 4.69) is 14.2 Å². The molecule has 0 aromatic carbocycles. The van der Waals surface area contributed by atoms with Crippen molar-refractivity contribution in [3.63, 3.8) is 0 Å². The minimum Gasteiger partial charge on any atom is -0.547 e. The normalized spacial score (nSPS) is 17.1. The van der Waals surface area contributed by atoms with E-state index >= 15 is 0 Å². The first kappa shape index (κ1) is 27.2. The number of nitrogens with zero attached hydrogens (tertiary/aromatic N) is 1. The molecule has 1 heterocycles. The van der Waals surface area contributed by atoms with Gasteiger partial charge in [0.05, 0.1) is 31.2 Å². The maximum atomic E-state index is 11.9. The van der Waals surface area contributed by atoms with Gasteiger partial charge >= 0.3 is 51.6 Å². The number of nitrogens with one attached hydrogen (secondary N) is 1. The Labute approximate surface area is 184 Å². The van der Waals surface area contributed by atoms with Gasteiger partial charge in [-0.3, -0.25) is 14.5 Å². The summed E-state index contributed by atoms with van der Waals surface area (Å²) in [5, 5.41) is 32.6. The van der Waals surface area contributed by atoms with Crippen molar-refractivity contribution in [2.45, 2.75) is 18.4 Å². The molecule has 0 bridgehead atoms. The molecule has 3 N–H and O–H groups in total. The molecule has 1 aliphatic rings. The molecule has 0 radical (unpaired) electrons. The molecule has 0 aromatic rings. The average Bonchev–Trinajstić information content (AvgIpc) is 2.58. The van der Waals surface area contributed by atoms with Gasteiger partial charge in [0.2, 0.25) is 0 Å². The van der Waals surface area contributed by atoms with Crippen LogP contribution in [0.4, 0.5) is 0 Å². The number of hydrogen-bond donors (Lipinski definition) is 3. The zero-order valence-electron chi connectivity index (χ0n) is 15.6. The molecule has 1 fully saturated rings. The molecule has 12 nitrogen and oxygen atoms in total. The number of carboxylic acid groups (broad SMARTS) is 1. The van der Waals surface area contributed by atoms with Crippen molar-refractivity contribution in [1.29, 1.82) is 0 Å². The van der Waals surface area contributed by atoms with E-state index in [4.69, 9.17) is 5.11 Å². The number of rotatable bonds is 11. The van der Waals surface area contributed by atoms with Crippen molar-refractivity contribution in [3.8, 4) is 0 Å². The number of hydrogen-bond acceptors (Lipinski definition) is 12. The zero-order valence-corrected chi connectivity index (χ0v) is 18.4. The van der Waals surface area contributed by atoms with E-state index in [0.717, 1.165) is 0 Å². The third-order valence-corrected chi connectivity index (χ3v) is 4.82. The fourth-order valence-corrected chi connectivity index (χ4v) is 3.19. The van der Waals surface area contributed by atoms with Crippen LogP contribution in [0.1, 0.15) is 12.8 Å². The minimum atomic E-state index is -4.31. The maximum absolute atomic E-state index is 11.9. The van der Waals surface area contributed by atoms with E-state index < -0.39 is 65.4 Å². The van der Waals surface area contributed by atoms with Gasteiger partial charge in [0.25, 0.3) is 0 Å². The van der Waals surface area contributed by atoms with Crippen LogP contribution >= 0.6 is 0 Å². The number of ether oxygens (including phenoxy) is 1. The molecule has 0 aromatic heterocycles. The summed E-state index contributed by atoms with van der Waals surface area (Å²) >= 11 is 0. The number of esters is 1. The first-order valence-electron chi connectivity index (χ1n) is 8.16. The van der Waals surface area contributed by atoms with Crippen molar-refractivity contribution in [2.24, 2.45) is 0 Å². The zero-order chi connectivity index (χ0) is 20.5. The summed E-state index contributed by atoms with van der Waals surface area (Å²) in [5.74, 6) is -5.43. The van der Waals surface area contributed by atoms with Gasteiger partial charge in [-0.15, -0.1) is 0 Å². The van der Waals surface area contributed by atoms with E-state index in [-0.39, 0.29) is 36.1 Å². The van der Waals surface area contributed by atoms with Crippen LogP contribution in [0, 0.1) is 0 Å². The summed E-state index contributed by atoms with van der Waals surface area (Å²) in [7, 11) is -4.31. The van der Waals surface area contributed by atoms with E-state index in [1.54, 1.807) is 0 Å². The van der Waals surface area contributed by atoms with Crippen molar-refractivity contribution in [3.05, 3.63) is 0 Å². The Morgan fingerprint density at radius 1 is 1.14 bits per heavy atom. The summed E-state index contributed by atoms with van der Waals surface area (Å²) in [5.41, 5.74) is -3.00. The van der Waals surface area contributed by atoms with Gasteiger partial charge < -0.3 is 34.4 Å². The molecular formula is C14H23N2NaO10S. The molecule has 1 saturated heterocycles. The van der Waals surface area contributed by atoms with Gasteiger partial charge in [0.1, 0.15) is 12.2 Å². The Hall–Kier alpha value is -0.800. The molecule has 0 spiro atoms. The van der Waals surface area contributed by atoms with Crippen molar-refractivity contribution < 1.29 is 76.6 Å². The SMILES string of the molecule is O=C(CC(O)(CC(=O)OS(=O)(=O)CCN1CCNCC1)C(=O)[O-])OCCO.[Na+]. The summed E-state index contributed by atoms with van der Waals surface area (Å²) in [4.78, 5) is 36.1. The molecule has 1 unspecified atom stereocenters. The van der Waals surface area contributed by atoms with Gasteiger partial charge in [-0.05, 0) is 0 Å². The predicted molar refractivity (Wildman–Crippen MR) is 86.4 cm³/mol. The number of aliphatic carboxylic acids is 1. The molecule has 1 rings (SSSR count). The Morgan fingerprint density at radius 2 is 1.71 bits per heavy atom. The molecule has 0 saturated carbocycles. The fourth-order valence-electron chi connectivity index (χ4n) is 2.28. The van der Waals surface area contributed by atoms with Crippen molar-refractivity contribution in [1.82, 2.24) is 10.2 Å². The summed E-state index contributed by atoms with van der Waals surface area (Å²) in [6, 6.07) is 0. The Kier molecular flexibility index (Phi) is 12.3. The quantitative estimate of drug-likeness (QED) is 0.159. The Balaban J connectivity index is 0.00000729. The number of carbonyl (C=O) groups excluding carboxylic acids is 3. The number of piperazine rings is 1. The Bertz CT molecular complexity index is 638. The van der Waals surface area contributed by atoms with E-state index in [1.165, 1.54) is 0 Å². The van der Waals surface area contributed by atoms with Crippen LogP contribution in [-0.4, -0.2) is 98.7 Å². The van der Waals surface area contributed by atoms with E-state index in [9.17, 15) is 33.0 Å². The first-order chi connectivity index (χ1) is 12.6. The molecule has 1 aliphatic heterocycles. The molecule has 156 valence electrons. The van der Waals surface area contributed by atoms with Crippen LogP contribution in [0.2, 0.25) is 0 Å². The van der Waals surface area contributed by atoms with Crippen LogP contribution in [0.25, 0.3) is 0 Å². The fraction of sp³-hybridized carbons (Fsp3) is 0.786. The second-order valence-corrected chi connectivity index (χ2v) is 7.62. The van der Waals surface area contributed by atoms with E-state index in [1.807, 2.05) is 4.90 Å². The molecule has 1 atom stereocenters. The molecule has 0 amide bonds. The van der Waals surface area contributed by atoms with Crippen molar-refractivity contribution >= 4 is 28.0 Å². The van der Waals surface area contributed by atoms with Crippen LogP contribution in [0.3, 0.4) is 0 Å². The number of aliphatic hydroxyl groups is 2. The predicted octanol–water partition coefficient (Wildman–Crippen LogP) is -7.43. The van der Waals surface area contributed by atoms with Crippen LogP contribution in [0.15, 0.2) is 0 Å². The second-order valence-electron chi connectivity index (χ2n) is 5.93. The van der Waals surface area contributed by atoms with Gasteiger partial charge in [-0.1, -0.05) is 0 Å². The van der Waals surface area contributed by atoms with Crippen LogP contribution in [-0.2, 0) is 33.4 Å². The maximum Gasteiger partial charge on any atom is 1.00 e. The van der Waals surface area contributed by atoms with Crippen molar-refractivity contribution in [2.75, 3.05) is 51.7 Å². The molecule has 14 heteroatoms. The van der Waals surface area contributed by atoms with Crippen LogP contribution in [0.5, 0.6) is 0 Å². The molecule has 0 aliphatic carbocycles.